The average molecular weight is 253 g/mol. The summed E-state index contributed by atoms with van der Waals surface area (Å²) in [5, 5.41) is 5.19. The van der Waals surface area contributed by atoms with Crippen molar-refractivity contribution in [2.24, 2.45) is 0 Å². The Morgan fingerprint density at radius 1 is 1.50 bits per heavy atom. The first kappa shape index (κ1) is 9.40. The zero-order chi connectivity index (χ0) is 10.3. The lowest BCUT2D eigenvalue weighted by molar-refractivity contribution is 0.0926. The number of benzene rings is 1. The Morgan fingerprint density at radius 2 is 2.21 bits per heavy atom. The summed E-state index contributed by atoms with van der Waals surface area (Å²) in [4.78, 5) is 11.3. The van der Waals surface area contributed by atoms with Crippen molar-refractivity contribution in [3.63, 3.8) is 0 Å². The molecule has 0 aliphatic carbocycles. The zero-order valence-electron chi connectivity index (χ0n) is 7.91. The molecule has 0 N–H and O–H groups in total. The molecule has 0 amide bonds. The highest BCUT2D eigenvalue weighted by molar-refractivity contribution is 9.10. The van der Waals surface area contributed by atoms with E-state index in [1.54, 1.807) is 0 Å². The minimum Gasteiger partial charge on any atom is -0.273 e. The van der Waals surface area contributed by atoms with E-state index in [-0.39, 0.29) is 5.91 Å². The molecular formula is C10H9BrN2O. The van der Waals surface area contributed by atoms with Crippen LogP contribution in [0.5, 0.6) is 0 Å². The van der Waals surface area contributed by atoms with Gasteiger partial charge in [0, 0.05) is 16.8 Å². The first-order valence-corrected chi connectivity index (χ1v) is 5.04. The van der Waals surface area contributed by atoms with Gasteiger partial charge >= 0.3 is 0 Å². The molecule has 72 valence electrons. The van der Waals surface area contributed by atoms with Crippen molar-refractivity contribution in [2.75, 3.05) is 0 Å². The van der Waals surface area contributed by atoms with Gasteiger partial charge in [0.15, 0.2) is 0 Å². The van der Waals surface area contributed by atoms with Gasteiger partial charge in [0.25, 0.3) is 0 Å². The molecule has 0 aliphatic rings. The van der Waals surface area contributed by atoms with Gasteiger partial charge in [-0.2, -0.15) is 5.10 Å². The van der Waals surface area contributed by atoms with E-state index in [1.807, 2.05) is 25.1 Å². The monoisotopic (exact) mass is 252 g/mol. The molecule has 1 heterocycles. The molecule has 0 fully saturated rings. The summed E-state index contributed by atoms with van der Waals surface area (Å²) in [7, 11) is 0. The van der Waals surface area contributed by atoms with E-state index < -0.39 is 0 Å². The van der Waals surface area contributed by atoms with Crippen LogP contribution in [-0.2, 0) is 0 Å². The molecule has 2 aromatic rings. The highest BCUT2D eigenvalue weighted by atomic mass is 79.9. The van der Waals surface area contributed by atoms with Gasteiger partial charge in [0.05, 0.1) is 11.2 Å². The Kier molecular flexibility index (Phi) is 2.15. The summed E-state index contributed by atoms with van der Waals surface area (Å²) >= 11 is 3.37. The lowest BCUT2D eigenvalue weighted by atomic mass is 10.2. The van der Waals surface area contributed by atoms with Crippen molar-refractivity contribution in [1.82, 2.24) is 9.78 Å². The number of hydrogen-bond donors (Lipinski definition) is 0. The number of carbonyl (C=O) groups excluding carboxylic acids is 1. The second-order valence-corrected chi connectivity index (χ2v) is 4.09. The standard InChI is InChI=1S/C10H9BrN2O/c1-6-9-4-3-8(11)5-10(9)13(12-6)7(2)14/h3-5H,1-2H3. The summed E-state index contributed by atoms with van der Waals surface area (Å²) < 4.78 is 2.38. The van der Waals surface area contributed by atoms with Gasteiger partial charge in [-0.25, -0.2) is 4.68 Å². The number of nitrogens with zero attached hydrogens (tertiary/aromatic N) is 2. The average Bonchev–Trinajstić information content (AvgIpc) is 2.43. The van der Waals surface area contributed by atoms with Crippen LogP contribution >= 0.6 is 15.9 Å². The molecule has 0 atom stereocenters. The van der Waals surface area contributed by atoms with E-state index in [1.165, 1.54) is 11.6 Å². The number of aromatic nitrogens is 2. The number of hydrogen-bond acceptors (Lipinski definition) is 2. The first-order chi connectivity index (χ1) is 6.59. The van der Waals surface area contributed by atoms with E-state index in [0.29, 0.717) is 0 Å². The van der Waals surface area contributed by atoms with Crippen molar-refractivity contribution in [3.05, 3.63) is 28.4 Å². The number of fused-ring (bicyclic) bond motifs is 1. The summed E-state index contributed by atoms with van der Waals surface area (Å²) in [5.74, 6) is -0.0683. The Morgan fingerprint density at radius 3 is 2.86 bits per heavy atom. The molecule has 0 aliphatic heterocycles. The lowest BCUT2D eigenvalue weighted by Gasteiger charge is -1.96. The molecule has 14 heavy (non-hydrogen) atoms. The van der Waals surface area contributed by atoms with E-state index in [2.05, 4.69) is 21.0 Å². The topological polar surface area (TPSA) is 34.9 Å². The van der Waals surface area contributed by atoms with Crippen LogP contribution in [0, 0.1) is 6.92 Å². The van der Waals surface area contributed by atoms with Crippen LogP contribution in [-0.4, -0.2) is 15.7 Å². The van der Waals surface area contributed by atoms with Crippen LogP contribution in [0.25, 0.3) is 10.9 Å². The van der Waals surface area contributed by atoms with Gasteiger partial charge in [0.1, 0.15) is 0 Å². The fraction of sp³-hybridized carbons (Fsp3) is 0.200. The Labute approximate surface area is 89.8 Å². The molecule has 0 unspecified atom stereocenters. The SMILES string of the molecule is CC(=O)n1nc(C)c2ccc(Br)cc21. The van der Waals surface area contributed by atoms with Gasteiger partial charge in [-0.15, -0.1) is 0 Å². The predicted molar refractivity (Wildman–Crippen MR) is 58.5 cm³/mol. The minimum absolute atomic E-state index is 0.0683. The first-order valence-electron chi connectivity index (χ1n) is 4.25. The molecule has 2 rings (SSSR count). The van der Waals surface area contributed by atoms with Crippen molar-refractivity contribution in [2.45, 2.75) is 13.8 Å². The smallest absolute Gasteiger partial charge is 0.244 e. The van der Waals surface area contributed by atoms with Crippen LogP contribution in [0.4, 0.5) is 0 Å². The van der Waals surface area contributed by atoms with E-state index >= 15 is 0 Å². The second kappa shape index (κ2) is 3.20. The summed E-state index contributed by atoms with van der Waals surface area (Å²) in [6.45, 7) is 3.41. The van der Waals surface area contributed by atoms with Crippen LogP contribution in [0.15, 0.2) is 22.7 Å². The highest BCUT2D eigenvalue weighted by Gasteiger charge is 2.09. The molecule has 0 saturated carbocycles. The fourth-order valence-electron chi connectivity index (χ4n) is 1.48. The maximum atomic E-state index is 11.3. The van der Waals surface area contributed by atoms with Crippen LogP contribution < -0.4 is 0 Å². The van der Waals surface area contributed by atoms with Crippen LogP contribution in [0.2, 0.25) is 0 Å². The molecule has 0 radical (unpaired) electrons. The highest BCUT2D eigenvalue weighted by Crippen LogP contribution is 2.22. The second-order valence-electron chi connectivity index (χ2n) is 3.18. The van der Waals surface area contributed by atoms with Gasteiger partial charge in [0.2, 0.25) is 5.91 Å². The lowest BCUT2D eigenvalue weighted by Crippen LogP contribution is -2.06. The third-order valence-electron chi connectivity index (χ3n) is 2.13. The number of rotatable bonds is 0. The summed E-state index contributed by atoms with van der Waals surface area (Å²) in [6.07, 6.45) is 0. The molecule has 0 spiro atoms. The van der Waals surface area contributed by atoms with Gasteiger partial charge in [-0.1, -0.05) is 15.9 Å². The maximum Gasteiger partial charge on any atom is 0.244 e. The molecule has 1 aromatic carbocycles. The number of carbonyl (C=O) groups is 1. The van der Waals surface area contributed by atoms with E-state index in [0.717, 1.165) is 21.1 Å². The third kappa shape index (κ3) is 1.35. The van der Waals surface area contributed by atoms with Crippen molar-refractivity contribution in [1.29, 1.82) is 0 Å². The fourth-order valence-corrected chi connectivity index (χ4v) is 1.83. The largest absolute Gasteiger partial charge is 0.273 e. The number of halogens is 1. The molecule has 3 nitrogen and oxygen atoms in total. The van der Waals surface area contributed by atoms with E-state index in [4.69, 9.17) is 0 Å². The van der Waals surface area contributed by atoms with Crippen LogP contribution in [0.1, 0.15) is 17.4 Å². The molecule has 0 saturated heterocycles. The van der Waals surface area contributed by atoms with Crippen molar-refractivity contribution in [3.8, 4) is 0 Å². The Bertz CT molecular complexity index is 516. The van der Waals surface area contributed by atoms with Crippen molar-refractivity contribution >= 4 is 32.7 Å². The molecular weight excluding hydrogens is 244 g/mol. The van der Waals surface area contributed by atoms with E-state index in [9.17, 15) is 4.79 Å². The quantitative estimate of drug-likeness (QED) is 0.723. The molecule has 0 bridgehead atoms. The number of aryl methyl sites for hydroxylation is 1. The van der Waals surface area contributed by atoms with Crippen molar-refractivity contribution < 1.29 is 4.79 Å². The summed E-state index contributed by atoms with van der Waals surface area (Å²) in [5.41, 5.74) is 1.73. The minimum atomic E-state index is -0.0683. The Balaban J connectivity index is 2.85. The zero-order valence-corrected chi connectivity index (χ0v) is 9.50. The van der Waals surface area contributed by atoms with Gasteiger partial charge in [-0.3, -0.25) is 4.79 Å². The molecule has 4 heteroatoms. The predicted octanol–water partition coefficient (Wildman–Crippen LogP) is 2.77. The molecule has 1 aromatic heterocycles. The van der Waals surface area contributed by atoms with Crippen LogP contribution in [0.3, 0.4) is 0 Å². The van der Waals surface area contributed by atoms with Gasteiger partial charge in [-0.05, 0) is 25.1 Å². The normalized spacial score (nSPS) is 10.8. The summed E-state index contributed by atoms with van der Waals surface area (Å²) in [6, 6.07) is 5.80. The third-order valence-corrected chi connectivity index (χ3v) is 2.62. The van der Waals surface area contributed by atoms with Gasteiger partial charge < -0.3 is 0 Å². The Hall–Kier alpha value is -1.16. The maximum absolute atomic E-state index is 11.3.